The molecule has 2 aromatic rings. The zero-order chi connectivity index (χ0) is 15.0. The minimum atomic E-state index is 0.0396. The van der Waals surface area contributed by atoms with Crippen LogP contribution in [0.3, 0.4) is 0 Å². The van der Waals surface area contributed by atoms with Crippen molar-refractivity contribution < 1.29 is 4.79 Å². The Labute approximate surface area is 124 Å². The standard InChI is InChI=1S/C15H21N5O/c1-10(2)20-13(6-7-17-20)15(21)19-8-4-5-12(19)14-16-9-11(3)18-14/h6-7,9-10,12H,4-5,8H2,1-3H3,(H,16,18)/t12-/m1/s1. The zero-order valence-corrected chi connectivity index (χ0v) is 12.7. The van der Waals surface area contributed by atoms with Gasteiger partial charge in [0.1, 0.15) is 11.5 Å². The monoisotopic (exact) mass is 287 g/mol. The van der Waals surface area contributed by atoms with Gasteiger partial charge in [-0.2, -0.15) is 5.10 Å². The van der Waals surface area contributed by atoms with Crippen molar-refractivity contribution >= 4 is 5.91 Å². The summed E-state index contributed by atoms with van der Waals surface area (Å²) in [7, 11) is 0. The van der Waals surface area contributed by atoms with Gasteiger partial charge in [-0.15, -0.1) is 0 Å². The van der Waals surface area contributed by atoms with Gasteiger partial charge in [-0.05, 0) is 39.7 Å². The minimum Gasteiger partial charge on any atom is -0.344 e. The average Bonchev–Trinajstić information content (AvgIpc) is 3.17. The highest BCUT2D eigenvalue weighted by molar-refractivity contribution is 5.93. The van der Waals surface area contributed by atoms with Crippen LogP contribution in [0.2, 0.25) is 0 Å². The smallest absolute Gasteiger partial charge is 0.272 e. The molecule has 0 unspecified atom stereocenters. The van der Waals surface area contributed by atoms with E-state index in [0.29, 0.717) is 5.69 Å². The Hall–Kier alpha value is -2.11. The van der Waals surface area contributed by atoms with Crippen LogP contribution >= 0.6 is 0 Å². The molecule has 0 bridgehead atoms. The summed E-state index contributed by atoms with van der Waals surface area (Å²) in [4.78, 5) is 22.4. The van der Waals surface area contributed by atoms with Gasteiger partial charge in [0.2, 0.25) is 0 Å². The molecule has 2 aromatic heterocycles. The van der Waals surface area contributed by atoms with Gasteiger partial charge < -0.3 is 9.88 Å². The molecule has 1 saturated heterocycles. The van der Waals surface area contributed by atoms with Crippen molar-refractivity contribution in [3.63, 3.8) is 0 Å². The highest BCUT2D eigenvalue weighted by atomic mass is 16.2. The third-order valence-electron chi connectivity index (χ3n) is 3.93. The summed E-state index contributed by atoms with van der Waals surface area (Å²) in [6.45, 7) is 6.81. The zero-order valence-electron chi connectivity index (χ0n) is 12.7. The molecule has 0 saturated carbocycles. The molecule has 6 nitrogen and oxygen atoms in total. The molecule has 1 aliphatic rings. The molecule has 3 rings (SSSR count). The largest absolute Gasteiger partial charge is 0.344 e. The van der Waals surface area contributed by atoms with Crippen LogP contribution in [0.4, 0.5) is 0 Å². The lowest BCUT2D eigenvalue weighted by atomic mass is 10.2. The third kappa shape index (κ3) is 2.46. The quantitative estimate of drug-likeness (QED) is 0.943. The number of hydrogen-bond acceptors (Lipinski definition) is 3. The summed E-state index contributed by atoms with van der Waals surface area (Å²) in [6, 6.07) is 2.01. The summed E-state index contributed by atoms with van der Waals surface area (Å²) >= 11 is 0. The number of amides is 1. The SMILES string of the molecule is Cc1cnc([C@H]2CCCN2C(=O)c2ccnn2C(C)C)[nH]1. The number of rotatable bonds is 3. The number of aromatic nitrogens is 4. The van der Waals surface area contributed by atoms with Crippen LogP contribution in [-0.2, 0) is 0 Å². The minimum absolute atomic E-state index is 0.0396. The summed E-state index contributed by atoms with van der Waals surface area (Å²) in [6.07, 6.45) is 5.46. The molecular formula is C15H21N5O. The molecule has 1 aliphatic heterocycles. The van der Waals surface area contributed by atoms with Crippen LogP contribution in [0.5, 0.6) is 0 Å². The van der Waals surface area contributed by atoms with Crippen LogP contribution in [0, 0.1) is 6.92 Å². The van der Waals surface area contributed by atoms with Crippen LogP contribution in [0.1, 0.15) is 60.8 Å². The predicted molar refractivity (Wildman–Crippen MR) is 78.9 cm³/mol. The maximum Gasteiger partial charge on any atom is 0.272 e. The van der Waals surface area contributed by atoms with E-state index in [4.69, 9.17) is 0 Å². The lowest BCUT2D eigenvalue weighted by Crippen LogP contribution is -2.33. The molecular weight excluding hydrogens is 266 g/mol. The first kappa shape index (κ1) is 13.9. The van der Waals surface area contributed by atoms with Crippen LogP contribution < -0.4 is 0 Å². The second-order valence-electron chi connectivity index (χ2n) is 5.86. The van der Waals surface area contributed by atoms with Gasteiger partial charge in [-0.3, -0.25) is 9.48 Å². The average molecular weight is 287 g/mol. The molecule has 112 valence electrons. The number of aryl methyl sites for hydroxylation is 1. The molecule has 6 heteroatoms. The number of carbonyl (C=O) groups is 1. The van der Waals surface area contributed by atoms with Gasteiger partial charge in [0.05, 0.1) is 6.04 Å². The van der Waals surface area contributed by atoms with E-state index in [-0.39, 0.29) is 18.0 Å². The normalized spacial score (nSPS) is 18.7. The van der Waals surface area contributed by atoms with Crippen molar-refractivity contribution in [1.29, 1.82) is 0 Å². The van der Waals surface area contributed by atoms with Crippen LogP contribution in [0.15, 0.2) is 18.5 Å². The maximum absolute atomic E-state index is 12.8. The third-order valence-corrected chi connectivity index (χ3v) is 3.93. The Morgan fingerprint density at radius 3 is 2.95 bits per heavy atom. The van der Waals surface area contributed by atoms with E-state index in [1.165, 1.54) is 0 Å². The molecule has 0 radical (unpaired) electrons. The molecule has 1 fully saturated rings. The molecule has 1 N–H and O–H groups in total. The number of imidazole rings is 1. The van der Waals surface area contributed by atoms with E-state index in [9.17, 15) is 4.79 Å². The molecule has 1 atom stereocenters. The van der Waals surface area contributed by atoms with Crippen molar-refractivity contribution in [1.82, 2.24) is 24.6 Å². The first-order valence-corrected chi connectivity index (χ1v) is 7.44. The van der Waals surface area contributed by atoms with E-state index in [2.05, 4.69) is 15.1 Å². The Balaban J connectivity index is 1.88. The molecule has 0 spiro atoms. The molecule has 0 aromatic carbocycles. The van der Waals surface area contributed by atoms with Crippen molar-refractivity contribution in [3.05, 3.63) is 35.7 Å². The number of hydrogen-bond donors (Lipinski definition) is 1. The number of nitrogens with zero attached hydrogens (tertiary/aromatic N) is 4. The van der Waals surface area contributed by atoms with Gasteiger partial charge in [0.15, 0.2) is 0 Å². The maximum atomic E-state index is 12.8. The molecule has 21 heavy (non-hydrogen) atoms. The predicted octanol–water partition coefficient (Wildman–Crippen LogP) is 2.47. The Bertz CT molecular complexity index is 642. The van der Waals surface area contributed by atoms with Crippen molar-refractivity contribution in [2.75, 3.05) is 6.54 Å². The van der Waals surface area contributed by atoms with E-state index in [1.807, 2.05) is 31.9 Å². The topological polar surface area (TPSA) is 66.8 Å². The number of aromatic amines is 1. The van der Waals surface area contributed by atoms with Crippen molar-refractivity contribution in [2.45, 2.75) is 45.7 Å². The molecule has 0 aliphatic carbocycles. The van der Waals surface area contributed by atoms with Crippen LogP contribution in [-0.4, -0.2) is 37.1 Å². The fourth-order valence-corrected chi connectivity index (χ4v) is 2.94. The lowest BCUT2D eigenvalue weighted by molar-refractivity contribution is 0.0715. The van der Waals surface area contributed by atoms with Gasteiger partial charge in [-0.25, -0.2) is 4.98 Å². The first-order chi connectivity index (χ1) is 10.1. The number of likely N-dealkylation sites (tertiary alicyclic amines) is 1. The van der Waals surface area contributed by atoms with E-state index >= 15 is 0 Å². The number of carbonyl (C=O) groups excluding carboxylic acids is 1. The fourth-order valence-electron chi connectivity index (χ4n) is 2.94. The highest BCUT2D eigenvalue weighted by Gasteiger charge is 2.33. The number of H-pyrrole nitrogens is 1. The van der Waals surface area contributed by atoms with E-state index in [0.717, 1.165) is 30.9 Å². The van der Waals surface area contributed by atoms with E-state index in [1.54, 1.807) is 16.9 Å². The second-order valence-corrected chi connectivity index (χ2v) is 5.86. The fraction of sp³-hybridized carbons (Fsp3) is 0.533. The highest BCUT2D eigenvalue weighted by Crippen LogP contribution is 2.31. The lowest BCUT2D eigenvalue weighted by Gasteiger charge is -2.24. The van der Waals surface area contributed by atoms with E-state index < -0.39 is 0 Å². The van der Waals surface area contributed by atoms with Crippen LogP contribution in [0.25, 0.3) is 0 Å². The van der Waals surface area contributed by atoms with Crippen molar-refractivity contribution in [3.8, 4) is 0 Å². The van der Waals surface area contributed by atoms with Gasteiger partial charge in [0.25, 0.3) is 5.91 Å². The molecule has 3 heterocycles. The Morgan fingerprint density at radius 1 is 1.48 bits per heavy atom. The Morgan fingerprint density at radius 2 is 2.29 bits per heavy atom. The van der Waals surface area contributed by atoms with Gasteiger partial charge >= 0.3 is 0 Å². The van der Waals surface area contributed by atoms with Crippen molar-refractivity contribution in [2.24, 2.45) is 0 Å². The second kappa shape index (κ2) is 5.35. The summed E-state index contributed by atoms with van der Waals surface area (Å²) in [5.41, 5.74) is 1.68. The first-order valence-electron chi connectivity index (χ1n) is 7.44. The summed E-state index contributed by atoms with van der Waals surface area (Å²) in [5, 5.41) is 4.26. The van der Waals surface area contributed by atoms with Gasteiger partial charge in [0, 0.05) is 30.7 Å². The Kier molecular flexibility index (Phi) is 3.53. The molecule has 1 amide bonds. The number of nitrogens with one attached hydrogen (secondary N) is 1. The summed E-state index contributed by atoms with van der Waals surface area (Å²) in [5.74, 6) is 0.923. The van der Waals surface area contributed by atoms with Gasteiger partial charge in [-0.1, -0.05) is 0 Å². The summed E-state index contributed by atoms with van der Waals surface area (Å²) < 4.78 is 1.78.